The zero-order valence-corrected chi connectivity index (χ0v) is 20.4. The molecule has 2 heterocycles. The molecule has 0 aromatic heterocycles. The summed E-state index contributed by atoms with van der Waals surface area (Å²) >= 11 is 0. The van der Waals surface area contributed by atoms with Crippen LogP contribution in [0.1, 0.15) is 29.2 Å². The van der Waals surface area contributed by atoms with E-state index >= 15 is 0 Å². The van der Waals surface area contributed by atoms with Crippen molar-refractivity contribution < 1.29 is 28.6 Å². The zero-order chi connectivity index (χ0) is 25.7. The highest BCUT2D eigenvalue weighted by Crippen LogP contribution is 2.40. The van der Waals surface area contributed by atoms with Crippen LogP contribution >= 0.6 is 0 Å². The summed E-state index contributed by atoms with van der Waals surface area (Å²) in [4.78, 5) is 30.1. The van der Waals surface area contributed by atoms with Gasteiger partial charge in [-0.2, -0.15) is 0 Å². The van der Waals surface area contributed by atoms with Gasteiger partial charge in [0.05, 0.1) is 24.8 Å². The number of nitrogens with zero attached hydrogens (tertiary/aromatic N) is 2. The number of carbonyl (C=O) groups excluding carboxylic acids is 2. The summed E-state index contributed by atoms with van der Waals surface area (Å²) in [7, 11) is 0. The largest absolute Gasteiger partial charge is 0.507 e. The number of Topliss-reactive ketones (excluding diaryl/α,β-unsaturated/α-hetero) is 1. The normalized spacial score (nSPS) is 20.1. The van der Waals surface area contributed by atoms with Gasteiger partial charge in [0, 0.05) is 31.7 Å². The molecule has 2 aliphatic rings. The summed E-state index contributed by atoms with van der Waals surface area (Å²) in [6.07, 6.45) is 2.28. The number of aliphatic hydroxyl groups excluding tert-OH is 1. The standard InChI is InChI=1S/C28H31FN2O5/c1-3-15-36-22-9-10-23(19(2)18-22)26(32)24-25(20-5-7-21(29)8-6-20)31(28(34)27(24)33)12-4-11-30-13-16-35-17-14-30/h3,5-10,18,25,32H,1,4,11-17H2,2H3/t25-/m0/s1. The number of morpholine rings is 1. The van der Waals surface area contributed by atoms with Gasteiger partial charge in [0.2, 0.25) is 0 Å². The number of hydrogen-bond acceptors (Lipinski definition) is 6. The van der Waals surface area contributed by atoms with Crippen LogP contribution in [0.4, 0.5) is 4.39 Å². The molecule has 0 bridgehead atoms. The summed E-state index contributed by atoms with van der Waals surface area (Å²) < 4.78 is 24.6. The fraction of sp³-hybridized carbons (Fsp3) is 0.357. The van der Waals surface area contributed by atoms with Crippen molar-refractivity contribution in [3.8, 4) is 5.75 Å². The number of aryl methyl sites for hydroxylation is 1. The minimum absolute atomic E-state index is 0.000778. The lowest BCUT2D eigenvalue weighted by Crippen LogP contribution is -2.38. The predicted octanol–water partition coefficient (Wildman–Crippen LogP) is 3.84. The molecule has 36 heavy (non-hydrogen) atoms. The van der Waals surface area contributed by atoms with E-state index in [9.17, 15) is 19.1 Å². The lowest BCUT2D eigenvalue weighted by Gasteiger charge is -2.29. The Kier molecular flexibility index (Phi) is 8.18. The molecule has 0 saturated carbocycles. The van der Waals surface area contributed by atoms with Crippen molar-refractivity contribution >= 4 is 17.4 Å². The van der Waals surface area contributed by atoms with Crippen molar-refractivity contribution in [2.75, 3.05) is 46.0 Å². The summed E-state index contributed by atoms with van der Waals surface area (Å²) in [6.45, 7) is 9.85. The van der Waals surface area contributed by atoms with E-state index in [1.807, 2.05) is 0 Å². The third-order valence-corrected chi connectivity index (χ3v) is 6.52. The fourth-order valence-electron chi connectivity index (χ4n) is 4.68. The Bertz CT molecular complexity index is 1160. The molecular formula is C28H31FN2O5. The fourth-order valence-corrected chi connectivity index (χ4v) is 4.68. The van der Waals surface area contributed by atoms with Crippen molar-refractivity contribution in [1.82, 2.24) is 9.80 Å². The molecule has 1 amide bonds. The molecule has 2 saturated heterocycles. The molecule has 1 N–H and O–H groups in total. The van der Waals surface area contributed by atoms with E-state index in [0.717, 1.165) is 19.6 Å². The smallest absolute Gasteiger partial charge is 0.295 e. The van der Waals surface area contributed by atoms with Gasteiger partial charge in [-0.1, -0.05) is 24.8 Å². The van der Waals surface area contributed by atoms with E-state index < -0.39 is 23.5 Å². The number of ether oxygens (including phenoxy) is 2. The van der Waals surface area contributed by atoms with Crippen LogP contribution in [0, 0.1) is 12.7 Å². The number of likely N-dealkylation sites (tertiary alicyclic amines) is 1. The van der Waals surface area contributed by atoms with Gasteiger partial charge in [-0.15, -0.1) is 0 Å². The lowest BCUT2D eigenvalue weighted by molar-refractivity contribution is -0.140. The number of aliphatic hydroxyl groups is 1. The maximum absolute atomic E-state index is 13.7. The second-order valence-electron chi connectivity index (χ2n) is 8.93. The number of halogens is 1. The second kappa shape index (κ2) is 11.5. The molecule has 2 aromatic rings. The third-order valence-electron chi connectivity index (χ3n) is 6.52. The van der Waals surface area contributed by atoms with Crippen LogP contribution in [-0.4, -0.2) is 72.6 Å². The zero-order valence-electron chi connectivity index (χ0n) is 20.4. The maximum atomic E-state index is 13.7. The number of ketones is 1. The van der Waals surface area contributed by atoms with Crippen LogP contribution in [0.25, 0.3) is 5.76 Å². The topological polar surface area (TPSA) is 79.3 Å². The summed E-state index contributed by atoms with van der Waals surface area (Å²) in [5.41, 5.74) is 1.68. The predicted molar refractivity (Wildman–Crippen MR) is 134 cm³/mol. The Balaban J connectivity index is 1.67. The molecule has 0 aliphatic carbocycles. The Morgan fingerprint density at radius 2 is 1.89 bits per heavy atom. The van der Waals surface area contributed by atoms with E-state index in [-0.39, 0.29) is 11.3 Å². The average Bonchev–Trinajstić information content (AvgIpc) is 3.13. The number of carbonyl (C=O) groups is 2. The average molecular weight is 495 g/mol. The molecule has 190 valence electrons. The monoisotopic (exact) mass is 494 g/mol. The highest BCUT2D eigenvalue weighted by molar-refractivity contribution is 6.46. The first-order valence-corrected chi connectivity index (χ1v) is 12.1. The number of hydrogen-bond donors (Lipinski definition) is 1. The Morgan fingerprint density at radius 3 is 2.56 bits per heavy atom. The first-order chi connectivity index (χ1) is 17.4. The van der Waals surface area contributed by atoms with Gasteiger partial charge in [-0.05, 0) is 54.8 Å². The van der Waals surface area contributed by atoms with E-state index in [4.69, 9.17) is 9.47 Å². The van der Waals surface area contributed by atoms with Crippen molar-refractivity contribution in [3.05, 3.63) is 83.2 Å². The van der Waals surface area contributed by atoms with Crippen LogP contribution in [0.5, 0.6) is 5.75 Å². The molecule has 2 aromatic carbocycles. The Labute approximate surface area is 210 Å². The van der Waals surface area contributed by atoms with E-state index in [0.29, 0.717) is 55.2 Å². The van der Waals surface area contributed by atoms with Crippen molar-refractivity contribution in [1.29, 1.82) is 0 Å². The lowest BCUT2D eigenvalue weighted by atomic mass is 9.94. The molecule has 1 atom stereocenters. The van der Waals surface area contributed by atoms with Crippen LogP contribution < -0.4 is 4.74 Å². The van der Waals surface area contributed by atoms with Crippen molar-refractivity contribution in [2.24, 2.45) is 0 Å². The Hall–Kier alpha value is -3.49. The van der Waals surface area contributed by atoms with Gasteiger partial charge >= 0.3 is 0 Å². The molecule has 0 unspecified atom stereocenters. The molecule has 0 spiro atoms. The molecular weight excluding hydrogens is 463 g/mol. The minimum atomic E-state index is -0.814. The molecule has 2 fully saturated rings. The SMILES string of the molecule is C=CCOc1ccc(C(O)=C2C(=O)C(=O)N(CCCN3CCOCC3)[C@H]2c2ccc(F)cc2)c(C)c1. The van der Waals surface area contributed by atoms with Gasteiger partial charge in [0.1, 0.15) is 23.9 Å². The first-order valence-electron chi connectivity index (χ1n) is 12.1. The number of rotatable bonds is 9. The number of amides is 1. The number of benzene rings is 2. The summed E-state index contributed by atoms with van der Waals surface area (Å²) in [5, 5.41) is 11.3. The van der Waals surface area contributed by atoms with Crippen molar-refractivity contribution in [2.45, 2.75) is 19.4 Å². The van der Waals surface area contributed by atoms with Crippen LogP contribution in [0.2, 0.25) is 0 Å². The quantitative estimate of drug-likeness (QED) is 0.247. The van der Waals surface area contributed by atoms with E-state index in [2.05, 4.69) is 11.5 Å². The van der Waals surface area contributed by atoms with Gasteiger partial charge in [0.25, 0.3) is 11.7 Å². The highest BCUT2D eigenvalue weighted by atomic mass is 19.1. The second-order valence-corrected chi connectivity index (χ2v) is 8.93. The van der Waals surface area contributed by atoms with Crippen LogP contribution in [0.15, 0.2) is 60.7 Å². The minimum Gasteiger partial charge on any atom is -0.507 e. The molecule has 2 aliphatic heterocycles. The van der Waals surface area contributed by atoms with Crippen LogP contribution in [-0.2, 0) is 14.3 Å². The van der Waals surface area contributed by atoms with Crippen LogP contribution in [0.3, 0.4) is 0 Å². The van der Waals surface area contributed by atoms with Gasteiger partial charge in [-0.3, -0.25) is 14.5 Å². The molecule has 7 nitrogen and oxygen atoms in total. The van der Waals surface area contributed by atoms with E-state index in [1.165, 1.54) is 17.0 Å². The van der Waals surface area contributed by atoms with Gasteiger partial charge < -0.3 is 19.5 Å². The van der Waals surface area contributed by atoms with E-state index in [1.54, 1.807) is 43.3 Å². The Morgan fingerprint density at radius 1 is 1.17 bits per heavy atom. The van der Waals surface area contributed by atoms with Gasteiger partial charge in [-0.25, -0.2) is 4.39 Å². The summed E-state index contributed by atoms with van der Waals surface area (Å²) in [5.74, 6) is -1.50. The van der Waals surface area contributed by atoms with Gasteiger partial charge in [0.15, 0.2) is 0 Å². The summed E-state index contributed by atoms with van der Waals surface area (Å²) in [6, 6.07) is 9.98. The molecule has 4 rings (SSSR count). The van der Waals surface area contributed by atoms with Crippen molar-refractivity contribution in [3.63, 3.8) is 0 Å². The highest BCUT2D eigenvalue weighted by Gasteiger charge is 2.46. The molecule has 0 radical (unpaired) electrons. The third kappa shape index (κ3) is 5.50. The first kappa shape index (κ1) is 25.6. The maximum Gasteiger partial charge on any atom is 0.295 e. The molecule has 8 heteroatoms.